The summed E-state index contributed by atoms with van der Waals surface area (Å²) in [5.41, 5.74) is 6.72. The Hall–Kier alpha value is -1.36. The second-order valence-electron chi connectivity index (χ2n) is 5.89. The number of nitrogens with one attached hydrogen (secondary N) is 1. The zero-order valence-electron chi connectivity index (χ0n) is 11.9. The van der Waals surface area contributed by atoms with Gasteiger partial charge in [-0.25, -0.2) is 0 Å². The molecule has 0 spiro atoms. The molecule has 0 aromatic carbocycles. The quantitative estimate of drug-likeness (QED) is 0.851. The van der Waals surface area contributed by atoms with Crippen LogP contribution < -0.4 is 11.1 Å². The van der Waals surface area contributed by atoms with Gasteiger partial charge in [-0.15, -0.1) is 0 Å². The third-order valence-electron chi connectivity index (χ3n) is 3.94. The van der Waals surface area contributed by atoms with Crippen LogP contribution in [0.3, 0.4) is 0 Å². The van der Waals surface area contributed by atoms with Crippen molar-refractivity contribution in [1.29, 1.82) is 0 Å². The molecule has 0 bridgehead atoms. The fraction of sp³-hybridized carbons (Fsp3) is 0.714. The van der Waals surface area contributed by atoms with Crippen molar-refractivity contribution in [3.8, 4) is 0 Å². The SMILES string of the molecule is CC1CCCC(N)(C(=O)NCCc2cnn(C)c2)C1. The highest BCUT2D eigenvalue weighted by Gasteiger charge is 2.37. The molecule has 1 aromatic heterocycles. The van der Waals surface area contributed by atoms with Gasteiger partial charge in [0, 0.05) is 19.8 Å². The highest BCUT2D eigenvalue weighted by molar-refractivity contribution is 5.86. The van der Waals surface area contributed by atoms with Crippen molar-refractivity contribution in [3.05, 3.63) is 18.0 Å². The second kappa shape index (κ2) is 5.74. The van der Waals surface area contributed by atoms with Gasteiger partial charge in [0.25, 0.3) is 0 Å². The zero-order chi connectivity index (χ0) is 13.9. The summed E-state index contributed by atoms with van der Waals surface area (Å²) < 4.78 is 1.77. The lowest BCUT2D eigenvalue weighted by atomic mass is 9.76. The summed E-state index contributed by atoms with van der Waals surface area (Å²) in [6, 6.07) is 0. The van der Waals surface area contributed by atoms with Crippen LogP contribution in [0.15, 0.2) is 12.4 Å². The van der Waals surface area contributed by atoms with Crippen LogP contribution in [0, 0.1) is 5.92 Å². The molecule has 3 N–H and O–H groups in total. The van der Waals surface area contributed by atoms with Gasteiger partial charge in [-0.2, -0.15) is 5.10 Å². The monoisotopic (exact) mass is 264 g/mol. The highest BCUT2D eigenvalue weighted by Crippen LogP contribution is 2.30. The number of nitrogens with two attached hydrogens (primary N) is 1. The molecule has 2 atom stereocenters. The maximum Gasteiger partial charge on any atom is 0.240 e. The van der Waals surface area contributed by atoms with Crippen molar-refractivity contribution in [3.63, 3.8) is 0 Å². The van der Waals surface area contributed by atoms with E-state index in [-0.39, 0.29) is 5.91 Å². The van der Waals surface area contributed by atoms with Crippen LogP contribution >= 0.6 is 0 Å². The number of aromatic nitrogens is 2. The van der Waals surface area contributed by atoms with Gasteiger partial charge in [0.15, 0.2) is 0 Å². The van der Waals surface area contributed by atoms with Gasteiger partial charge in [0.2, 0.25) is 5.91 Å². The molecule has 0 aliphatic heterocycles. The van der Waals surface area contributed by atoms with Gasteiger partial charge in [-0.3, -0.25) is 9.48 Å². The summed E-state index contributed by atoms with van der Waals surface area (Å²) in [6.07, 6.45) is 8.42. The van der Waals surface area contributed by atoms with E-state index in [4.69, 9.17) is 5.73 Å². The molecule has 106 valence electrons. The summed E-state index contributed by atoms with van der Waals surface area (Å²) in [5.74, 6) is 0.547. The van der Waals surface area contributed by atoms with E-state index in [2.05, 4.69) is 17.3 Å². The molecule has 1 aliphatic rings. The molecule has 1 saturated carbocycles. The van der Waals surface area contributed by atoms with Crippen molar-refractivity contribution in [1.82, 2.24) is 15.1 Å². The lowest BCUT2D eigenvalue weighted by Gasteiger charge is -2.35. The predicted molar refractivity (Wildman–Crippen MR) is 74.5 cm³/mol. The zero-order valence-corrected chi connectivity index (χ0v) is 11.9. The van der Waals surface area contributed by atoms with E-state index in [0.29, 0.717) is 12.5 Å². The molecular formula is C14H24N4O. The van der Waals surface area contributed by atoms with Crippen molar-refractivity contribution < 1.29 is 4.79 Å². The normalized spacial score (nSPS) is 27.2. The van der Waals surface area contributed by atoms with Gasteiger partial charge in [0.05, 0.1) is 11.7 Å². The molecule has 2 unspecified atom stereocenters. The molecule has 0 saturated heterocycles. The lowest BCUT2D eigenvalue weighted by molar-refractivity contribution is -0.128. The average Bonchev–Trinajstić information content (AvgIpc) is 2.74. The lowest BCUT2D eigenvalue weighted by Crippen LogP contribution is -2.56. The van der Waals surface area contributed by atoms with E-state index in [0.717, 1.165) is 31.2 Å². The van der Waals surface area contributed by atoms with Gasteiger partial charge in [-0.1, -0.05) is 19.8 Å². The fourth-order valence-corrected chi connectivity index (χ4v) is 2.90. The number of hydrogen-bond donors (Lipinski definition) is 2. The molecule has 5 heteroatoms. The summed E-state index contributed by atoms with van der Waals surface area (Å²) in [4.78, 5) is 12.2. The molecule has 1 aromatic rings. The van der Waals surface area contributed by atoms with Crippen LogP contribution in [0.4, 0.5) is 0 Å². The fourth-order valence-electron chi connectivity index (χ4n) is 2.90. The molecule has 1 aliphatic carbocycles. The first-order valence-corrected chi connectivity index (χ1v) is 7.04. The van der Waals surface area contributed by atoms with Crippen molar-refractivity contribution in [2.24, 2.45) is 18.7 Å². The average molecular weight is 264 g/mol. The topological polar surface area (TPSA) is 72.9 Å². The maximum absolute atomic E-state index is 12.2. The van der Waals surface area contributed by atoms with Crippen molar-refractivity contribution in [2.75, 3.05) is 6.54 Å². The minimum Gasteiger partial charge on any atom is -0.354 e. The van der Waals surface area contributed by atoms with E-state index in [1.165, 1.54) is 6.42 Å². The molecule has 5 nitrogen and oxygen atoms in total. The summed E-state index contributed by atoms with van der Waals surface area (Å²) in [6.45, 7) is 2.79. The van der Waals surface area contributed by atoms with Gasteiger partial charge in [-0.05, 0) is 30.7 Å². The number of nitrogens with zero attached hydrogens (tertiary/aromatic N) is 2. The van der Waals surface area contributed by atoms with E-state index >= 15 is 0 Å². The number of rotatable bonds is 4. The Morgan fingerprint density at radius 2 is 2.47 bits per heavy atom. The Balaban J connectivity index is 1.80. The second-order valence-corrected chi connectivity index (χ2v) is 5.89. The van der Waals surface area contributed by atoms with Crippen LogP contribution in [0.5, 0.6) is 0 Å². The number of carbonyl (C=O) groups is 1. The Labute approximate surface area is 114 Å². The predicted octanol–water partition coefficient (Wildman–Crippen LogP) is 0.986. The summed E-state index contributed by atoms with van der Waals surface area (Å²) in [7, 11) is 1.89. The van der Waals surface area contributed by atoms with Gasteiger partial charge >= 0.3 is 0 Å². The Bertz CT molecular complexity index is 442. The van der Waals surface area contributed by atoms with E-state index in [1.54, 1.807) is 4.68 Å². The Morgan fingerprint density at radius 3 is 3.11 bits per heavy atom. The Morgan fingerprint density at radius 1 is 1.68 bits per heavy atom. The minimum atomic E-state index is -0.660. The number of amides is 1. The maximum atomic E-state index is 12.2. The first-order chi connectivity index (χ1) is 8.99. The van der Waals surface area contributed by atoms with E-state index in [1.807, 2.05) is 19.4 Å². The van der Waals surface area contributed by atoms with Crippen molar-refractivity contribution >= 4 is 5.91 Å². The summed E-state index contributed by atoms with van der Waals surface area (Å²) >= 11 is 0. The standard InChI is InChI=1S/C14H24N4O/c1-11-4-3-6-14(15,8-11)13(19)16-7-5-12-9-17-18(2)10-12/h9-11H,3-8,15H2,1-2H3,(H,16,19). The molecule has 1 fully saturated rings. The molecular weight excluding hydrogens is 240 g/mol. The number of aryl methyl sites for hydroxylation is 1. The van der Waals surface area contributed by atoms with Crippen molar-refractivity contribution in [2.45, 2.75) is 44.6 Å². The first-order valence-electron chi connectivity index (χ1n) is 7.04. The van der Waals surface area contributed by atoms with Crippen LogP contribution in [0.25, 0.3) is 0 Å². The third kappa shape index (κ3) is 3.56. The van der Waals surface area contributed by atoms with Crippen LogP contribution in [-0.2, 0) is 18.3 Å². The smallest absolute Gasteiger partial charge is 0.240 e. The highest BCUT2D eigenvalue weighted by atomic mass is 16.2. The summed E-state index contributed by atoms with van der Waals surface area (Å²) in [5, 5.41) is 7.08. The Kier molecular flexibility index (Phi) is 4.24. The molecule has 2 rings (SSSR count). The molecule has 0 radical (unpaired) electrons. The van der Waals surface area contributed by atoms with Crippen LogP contribution in [-0.4, -0.2) is 27.8 Å². The minimum absolute atomic E-state index is 0.00272. The molecule has 1 amide bonds. The van der Waals surface area contributed by atoms with E-state index < -0.39 is 5.54 Å². The van der Waals surface area contributed by atoms with Crippen LogP contribution in [0.2, 0.25) is 0 Å². The van der Waals surface area contributed by atoms with Gasteiger partial charge < -0.3 is 11.1 Å². The molecule has 19 heavy (non-hydrogen) atoms. The largest absolute Gasteiger partial charge is 0.354 e. The third-order valence-corrected chi connectivity index (χ3v) is 3.94. The van der Waals surface area contributed by atoms with Gasteiger partial charge in [0.1, 0.15) is 0 Å². The van der Waals surface area contributed by atoms with Crippen LogP contribution in [0.1, 0.15) is 38.2 Å². The number of hydrogen-bond acceptors (Lipinski definition) is 3. The number of carbonyl (C=O) groups excluding carboxylic acids is 1. The first kappa shape index (κ1) is 14.1. The van der Waals surface area contributed by atoms with E-state index in [9.17, 15) is 4.79 Å². The molecule has 1 heterocycles.